The predicted molar refractivity (Wildman–Crippen MR) is 135 cm³/mol. The number of aliphatic hydroxyl groups excluding tert-OH is 1. The van der Waals surface area contributed by atoms with E-state index in [1.54, 1.807) is 25.1 Å². The molecule has 3 aromatic carbocycles. The molecule has 4 rings (SSSR count). The molecule has 1 saturated heterocycles. The van der Waals surface area contributed by atoms with Gasteiger partial charge in [0.2, 0.25) is 0 Å². The smallest absolute Gasteiger partial charge is 0.300 e. The number of ketones is 1. The number of amides is 1. The van der Waals surface area contributed by atoms with E-state index in [9.17, 15) is 23.5 Å². The third kappa shape index (κ3) is 4.60. The number of hydrogen-bond donors (Lipinski definition) is 1. The first-order valence-corrected chi connectivity index (χ1v) is 11.5. The molecule has 3 aromatic rings. The fourth-order valence-corrected chi connectivity index (χ4v) is 4.34. The molecule has 198 valence electrons. The molecular formula is C28H25F2NO7. The maximum atomic E-state index is 15.0. The van der Waals surface area contributed by atoms with Gasteiger partial charge in [0.15, 0.2) is 11.5 Å². The maximum absolute atomic E-state index is 15.0. The van der Waals surface area contributed by atoms with E-state index < -0.39 is 35.1 Å². The van der Waals surface area contributed by atoms with Crippen molar-refractivity contribution < 1.29 is 42.4 Å². The van der Waals surface area contributed by atoms with Gasteiger partial charge in [0.1, 0.15) is 28.9 Å². The lowest BCUT2D eigenvalue weighted by Gasteiger charge is -2.26. The molecule has 1 N–H and O–H groups in total. The molecule has 1 aliphatic rings. The van der Waals surface area contributed by atoms with Crippen LogP contribution in [0.1, 0.15) is 24.1 Å². The molecule has 0 spiro atoms. The number of anilines is 1. The molecule has 0 aromatic heterocycles. The average Bonchev–Trinajstić information content (AvgIpc) is 3.18. The number of carbonyl (C=O) groups is 2. The molecule has 1 atom stereocenters. The zero-order valence-corrected chi connectivity index (χ0v) is 21.1. The van der Waals surface area contributed by atoms with E-state index >= 15 is 0 Å². The van der Waals surface area contributed by atoms with E-state index in [0.29, 0.717) is 28.9 Å². The summed E-state index contributed by atoms with van der Waals surface area (Å²) in [4.78, 5) is 27.6. The Morgan fingerprint density at radius 3 is 2.26 bits per heavy atom. The quantitative estimate of drug-likeness (QED) is 0.251. The van der Waals surface area contributed by atoms with Gasteiger partial charge in [-0.3, -0.25) is 14.5 Å². The topological polar surface area (TPSA) is 94.5 Å². The van der Waals surface area contributed by atoms with Gasteiger partial charge in [-0.1, -0.05) is 6.07 Å². The summed E-state index contributed by atoms with van der Waals surface area (Å²) in [5.41, 5.74) is -0.247. The Morgan fingerprint density at radius 1 is 0.895 bits per heavy atom. The molecule has 0 saturated carbocycles. The molecule has 1 unspecified atom stereocenters. The normalized spacial score (nSPS) is 16.5. The molecule has 0 bridgehead atoms. The summed E-state index contributed by atoms with van der Waals surface area (Å²) in [6.45, 7) is 2.05. The van der Waals surface area contributed by atoms with Crippen LogP contribution in [-0.4, -0.2) is 44.7 Å². The molecule has 8 nitrogen and oxygen atoms in total. The van der Waals surface area contributed by atoms with E-state index in [2.05, 4.69) is 0 Å². The third-order valence-electron chi connectivity index (χ3n) is 6.08. The van der Waals surface area contributed by atoms with Crippen LogP contribution >= 0.6 is 0 Å². The van der Waals surface area contributed by atoms with Gasteiger partial charge in [-0.25, -0.2) is 8.78 Å². The van der Waals surface area contributed by atoms with Crippen LogP contribution in [0.3, 0.4) is 0 Å². The van der Waals surface area contributed by atoms with E-state index in [0.717, 1.165) is 17.0 Å². The lowest BCUT2D eigenvalue weighted by molar-refractivity contribution is -0.132. The zero-order chi connectivity index (χ0) is 27.6. The van der Waals surface area contributed by atoms with Crippen molar-refractivity contribution in [1.82, 2.24) is 0 Å². The second kappa shape index (κ2) is 10.8. The summed E-state index contributed by atoms with van der Waals surface area (Å²) in [6, 6.07) is 10.5. The molecule has 0 radical (unpaired) electrons. The van der Waals surface area contributed by atoms with Crippen LogP contribution in [-0.2, 0) is 9.59 Å². The van der Waals surface area contributed by atoms with Crippen LogP contribution in [0.25, 0.3) is 5.76 Å². The van der Waals surface area contributed by atoms with Crippen molar-refractivity contribution in [3.05, 3.63) is 82.9 Å². The second-order valence-corrected chi connectivity index (χ2v) is 8.17. The van der Waals surface area contributed by atoms with Crippen molar-refractivity contribution in [1.29, 1.82) is 0 Å². The number of rotatable bonds is 8. The summed E-state index contributed by atoms with van der Waals surface area (Å²) >= 11 is 0. The molecule has 1 fully saturated rings. The minimum atomic E-state index is -1.30. The standard InChI is InChI=1S/C28H25F2NO7/c1-5-38-23-12-15(6-11-21(23)36-3)25-24(26(32)18-9-8-17(35-2)14-22(18)37-4)27(33)28(34)31(25)20-10-7-16(29)13-19(20)30/h6-14,25,32H,5H2,1-4H3/b26-24+. The summed E-state index contributed by atoms with van der Waals surface area (Å²) < 4.78 is 50.2. The minimum absolute atomic E-state index is 0.106. The van der Waals surface area contributed by atoms with Crippen LogP contribution < -0.4 is 23.8 Å². The van der Waals surface area contributed by atoms with Crippen LogP contribution in [0, 0.1) is 11.6 Å². The zero-order valence-electron chi connectivity index (χ0n) is 21.1. The number of halogens is 2. The highest BCUT2D eigenvalue weighted by atomic mass is 19.1. The number of aliphatic hydroxyl groups is 1. The second-order valence-electron chi connectivity index (χ2n) is 8.17. The van der Waals surface area contributed by atoms with Crippen LogP contribution in [0.15, 0.2) is 60.2 Å². The van der Waals surface area contributed by atoms with E-state index in [1.807, 2.05) is 0 Å². The molecule has 1 aliphatic heterocycles. The number of Topliss-reactive ketones (excluding diaryl/α,β-unsaturated/α-hetero) is 1. The molecule has 1 heterocycles. The average molecular weight is 526 g/mol. The molecule has 10 heteroatoms. The lowest BCUT2D eigenvalue weighted by atomic mass is 9.94. The number of hydrogen-bond acceptors (Lipinski definition) is 7. The Bertz CT molecular complexity index is 1440. The van der Waals surface area contributed by atoms with Crippen molar-refractivity contribution >= 4 is 23.1 Å². The Balaban J connectivity index is 2.01. The highest BCUT2D eigenvalue weighted by molar-refractivity contribution is 6.51. The van der Waals surface area contributed by atoms with Gasteiger partial charge in [0.25, 0.3) is 11.7 Å². The number of methoxy groups -OCH3 is 3. The van der Waals surface area contributed by atoms with Crippen LogP contribution in [0.5, 0.6) is 23.0 Å². The van der Waals surface area contributed by atoms with Gasteiger partial charge in [-0.15, -0.1) is 0 Å². The van der Waals surface area contributed by atoms with Crippen molar-refractivity contribution in [3.63, 3.8) is 0 Å². The van der Waals surface area contributed by atoms with E-state index in [-0.39, 0.29) is 29.2 Å². The molecular weight excluding hydrogens is 500 g/mol. The summed E-state index contributed by atoms with van der Waals surface area (Å²) in [5, 5.41) is 11.4. The van der Waals surface area contributed by atoms with Gasteiger partial charge in [-0.2, -0.15) is 0 Å². The van der Waals surface area contributed by atoms with Gasteiger partial charge in [0, 0.05) is 12.1 Å². The van der Waals surface area contributed by atoms with Crippen LogP contribution in [0.2, 0.25) is 0 Å². The fraction of sp³-hybridized carbons (Fsp3) is 0.214. The van der Waals surface area contributed by atoms with E-state index in [4.69, 9.17) is 18.9 Å². The number of nitrogens with zero attached hydrogens (tertiary/aromatic N) is 1. The SMILES string of the molecule is CCOc1cc(C2/C(=C(\O)c3ccc(OC)cc3OC)C(=O)C(=O)N2c2ccc(F)cc2F)ccc1OC. The van der Waals surface area contributed by atoms with Gasteiger partial charge < -0.3 is 24.1 Å². The predicted octanol–water partition coefficient (Wildman–Crippen LogP) is 5.02. The fourth-order valence-electron chi connectivity index (χ4n) is 4.34. The monoisotopic (exact) mass is 525 g/mol. The first-order chi connectivity index (χ1) is 18.2. The van der Waals surface area contributed by atoms with Gasteiger partial charge in [0.05, 0.1) is 50.8 Å². The number of ether oxygens (including phenoxy) is 4. The first-order valence-electron chi connectivity index (χ1n) is 11.5. The van der Waals surface area contributed by atoms with E-state index in [1.165, 1.54) is 39.5 Å². The molecule has 38 heavy (non-hydrogen) atoms. The lowest BCUT2D eigenvalue weighted by Crippen LogP contribution is -2.30. The Morgan fingerprint density at radius 2 is 1.63 bits per heavy atom. The Hall–Kier alpha value is -4.60. The first kappa shape index (κ1) is 26.5. The van der Waals surface area contributed by atoms with Gasteiger partial charge >= 0.3 is 0 Å². The molecule has 1 amide bonds. The third-order valence-corrected chi connectivity index (χ3v) is 6.08. The van der Waals surface area contributed by atoms with Crippen molar-refractivity contribution in [2.45, 2.75) is 13.0 Å². The van der Waals surface area contributed by atoms with Crippen molar-refractivity contribution in [2.24, 2.45) is 0 Å². The summed E-state index contributed by atoms with van der Waals surface area (Å²) in [7, 11) is 4.28. The van der Waals surface area contributed by atoms with Crippen LogP contribution in [0.4, 0.5) is 14.5 Å². The maximum Gasteiger partial charge on any atom is 0.300 e. The van der Waals surface area contributed by atoms with Crippen molar-refractivity contribution in [2.75, 3.05) is 32.8 Å². The Kier molecular flexibility index (Phi) is 7.52. The van der Waals surface area contributed by atoms with Crippen molar-refractivity contribution in [3.8, 4) is 23.0 Å². The summed E-state index contributed by atoms with van der Waals surface area (Å²) in [5.74, 6) is -3.34. The minimum Gasteiger partial charge on any atom is -0.507 e. The van der Waals surface area contributed by atoms with Gasteiger partial charge in [-0.05, 0) is 48.9 Å². The highest BCUT2D eigenvalue weighted by Crippen LogP contribution is 2.46. The Labute approximate surface area is 217 Å². The highest BCUT2D eigenvalue weighted by Gasteiger charge is 2.48. The largest absolute Gasteiger partial charge is 0.507 e. The number of benzene rings is 3. The summed E-state index contributed by atoms with van der Waals surface area (Å²) in [6.07, 6.45) is 0. The number of carbonyl (C=O) groups excluding carboxylic acids is 2. The molecule has 0 aliphatic carbocycles.